The summed E-state index contributed by atoms with van der Waals surface area (Å²) in [6, 6.07) is 9.51. The largest absolute Gasteiger partial charge is 0.481 e. The Kier molecular flexibility index (Phi) is 3.72. The number of hydrogen-bond donors (Lipinski definition) is 1. The Bertz CT molecular complexity index is 599. The maximum absolute atomic E-state index is 10.7. The third-order valence-corrected chi connectivity index (χ3v) is 3.05. The van der Waals surface area contributed by atoms with Crippen LogP contribution in [-0.4, -0.2) is 21.0 Å². The SMILES string of the molecule is Cc1cc(-c2ccccc2Br)nc(CC(=O)O)n1. The molecular weight excluding hydrogens is 296 g/mol. The number of carboxylic acid groups (broad SMARTS) is 1. The molecule has 0 aliphatic carbocycles. The average molecular weight is 307 g/mol. The van der Waals surface area contributed by atoms with Crippen LogP contribution < -0.4 is 0 Å². The van der Waals surface area contributed by atoms with Crippen molar-refractivity contribution in [2.75, 3.05) is 0 Å². The molecule has 0 aliphatic heterocycles. The highest BCUT2D eigenvalue weighted by Crippen LogP contribution is 2.26. The maximum atomic E-state index is 10.7. The number of aromatic nitrogens is 2. The summed E-state index contributed by atoms with van der Waals surface area (Å²) in [5.74, 6) is -0.605. The van der Waals surface area contributed by atoms with Gasteiger partial charge in [0.15, 0.2) is 0 Å². The number of benzene rings is 1. The summed E-state index contributed by atoms with van der Waals surface area (Å²) in [7, 11) is 0. The minimum absolute atomic E-state index is 0.168. The molecule has 1 heterocycles. The van der Waals surface area contributed by atoms with Crippen LogP contribution >= 0.6 is 15.9 Å². The fraction of sp³-hybridized carbons (Fsp3) is 0.154. The Morgan fingerprint density at radius 3 is 2.72 bits per heavy atom. The number of hydrogen-bond acceptors (Lipinski definition) is 3. The normalized spacial score (nSPS) is 10.3. The van der Waals surface area contributed by atoms with E-state index in [9.17, 15) is 4.79 Å². The maximum Gasteiger partial charge on any atom is 0.311 e. The van der Waals surface area contributed by atoms with Gasteiger partial charge < -0.3 is 5.11 Å². The second kappa shape index (κ2) is 5.27. The minimum atomic E-state index is -0.932. The molecule has 2 aromatic rings. The zero-order valence-electron chi connectivity index (χ0n) is 9.72. The van der Waals surface area contributed by atoms with Crippen molar-refractivity contribution in [2.45, 2.75) is 13.3 Å². The van der Waals surface area contributed by atoms with E-state index in [0.717, 1.165) is 21.4 Å². The molecule has 0 unspecified atom stereocenters. The third kappa shape index (κ3) is 2.92. The number of halogens is 1. The predicted octanol–water partition coefficient (Wildman–Crippen LogP) is 2.84. The van der Waals surface area contributed by atoms with E-state index in [1.165, 1.54) is 0 Å². The molecule has 4 nitrogen and oxygen atoms in total. The van der Waals surface area contributed by atoms with Crippen LogP contribution in [0.2, 0.25) is 0 Å². The standard InChI is InChI=1S/C13H11BrN2O2/c1-8-6-11(9-4-2-3-5-10(9)14)16-12(15-8)7-13(17)18/h2-6H,7H2,1H3,(H,17,18). The zero-order chi connectivity index (χ0) is 13.1. The van der Waals surface area contributed by atoms with Gasteiger partial charge in [0.1, 0.15) is 12.2 Å². The van der Waals surface area contributed by atoms with Crippen molar-refractivity contribution in [1.29, 1.82) is 0 Å². The van der Waals surface area contributed by atoms with Crippen LogP contribution in [0.25, 0.3) is 11.3 Å². The molecule has 1 aromatic heterocycles. The van der Waals surface area contributed by atoms with Crippen LogP contribution in [0.5, 0.6) is 0 Å². The molecular formula is C13H11BrN2O2. The van der Waals surface area contributed by atoms with E-state index >= 15 is 0 Å². The van der Waals surface area contributed by atoms with E-state index in [4.69, 9.17) is 5.11 Å². The van der Waals surface area contributed by atoms with Gasteiger partial charge in [-0.25, -0.2) is 9.97 Å². The minimum Gasteiger partial charge on any atom is -0.481 e. The summed E-state index contributed by atoms with van der Waals surface area (Å²) in [4.78, 5) is 19.1. The van der Waals surface area contributed by atoms with E-state index in [-0.39, 0.29) is 6.42 Å². The van der Waals surface area contributed by atoms with Crippen LogP contribution in [-0.2, 0) is 11.2 Å². The van der Waals surface area contributed by atoms with Gasteiger partial charge in [-0.2, -0.15) is 0 Å². The highest BCUT2D eigenvalue weighted by molar-refractivity contribution is 9.10. The molecule has 0 aliphatic rings. The van der Waals surface area contributed by atoms with E-state index in [2.05, 4.69) is 25.9 Å². The number of carboxylic acids is 1. The number of rotatable bonds is 3. The van der Waals surface area contributed by atoms with Gasteiger partial charge in [-0.05, 0) is 19.1 Å². The van der Waals surface area contributed by atoms with Crippen LogP contribution in [0.3, 0.4) is 0 Å². The number of nitrogens with zero attached hydrogens (tertiary/aromatic N) is 2. The topological polar surface area (TPSA) is 63.1 Å². The predicted molar refractivity (Wildman–Crippen MR) is 71.2 cm³/mol. The van der Waals surface area contributed by atoms with Gasteiger partial charge in [0.2, 0.25) is 0 Å². The number of carbonyl (C=O) groups is 1. The van der Waals surface area contributed by atoms with Gasteiger partial charge in [-0.1, -0.05) is 34.1 Å². The molecule has 0 saturated carbocycles. The molecule has 18 heavy (non-hydrogen) atoms. The van der Waals surface area contributed by atoms with E-state index in [1.54, 1.807) is 0 Å². The monoisotopic (exact) mass is 306 g/mol. The summed E-state index contributed by atoms with van der Waals surface area (Å²) >= 11 is 3.46. The lowest BCUT2D eigenvalue weighted by atomic mass is 10.1. The smallest absolute Gasteiger partial charge is 0.311 e. The van der Waals surface area contributed by atoms with Crippen LogP contribution in [0.1, 0.15) is 11.5 Å². The Morgan fingerprint density at radius 1 is 1.33 bits per heavy atom. The number of aliphatic carboxylic acids is 1. The molecule has 92 valence electrons. The first-order valence-corrected chi connectivity index (χ1v) is 6.17. The molecule has 0 amide bonds. The van der Waals surface area contributed by atoms with Gasteiger partial charge in [0.05, 0.1) is 5.69 Å². The molecule has 5 heteroatoms. The second-order valence-corrected chi connectivity index (χ2v) is 4.72. The van der Waals surface area contributed by atoms with Gasteiger partial charge in [0.25, 0.3) is 0 Å². The van der Waals surface area contributed by atoms with E-state index in [0.29, 0.717) is 5.82 Å². The van der Waals surface area contributed by atoms with Crippen molar-refractivity contribution in [2.24, 2.45) is 0 Å². The molecule has 2 rings (SSSR count). The highest BCUT2D eigenvalue weighted by atomic mass is 79.9. The highest BCUT2D eigenvalue weighted by Gasteiger charge is 2.09. The molecule has 1 aromatic carbocycles. The summed E-state index contributed by atoms with van der Waals surface area (Å²) < 4.78 is 0.921. The first kappa shape index (κ1) is 12.7. The average Bonchev–Trinajstić information content (AvgIpc) is 2.27. The van der Waals surface area contributed by atoms with Crippen molar-refractivity contribution in [3.63, 3.8) is 0 Å². The first-order valence-electron chi connectivity index (χ1n) is 5.37. The van der Waals surface area contributed by atoms with Gasteiger partial charge in [-0.15, -0.1) is 0 Å². The molecule has 0 spiro atoms. The van der Waals surface area contributed by atoms with E-state index in [1.807, 2.05) is 37.3 Å². The van der Waals surface area contributed by atoms with Crippen molar-refractivity contribution < 1.29 is 9.90 Å². The van der Waals surface area contributed by atoms with Crippen molar-refractivity contribution >= 4 is 21.9 Å². The summed E-state index contributed by atoms with van der Waals surface area (Å²) in [6.45, 7) is 1.83. The lowest BCUT2D eigenvalue weighted by molar-refractivity contribution is -0.136. The Balaban J connectivity index is 2.48. The summed E-state index contributed by atoms with van der Waals surface area (Å²) in [5, 5.41) is 8.78. The molecule has 0 atom stereocenters. The third-order valence-electron chi connectivity index (χ3n) is 2.36. The lowest BCUT2D eigenvalue weighted by Gasteiger charge is -2.06. The molecule has 1 N–H and O–H groups in total. The van der Waals surface area contributed by atoms with Gasteiger partial charge in [0, 0.05) is 15.7 Å². The summed E-state index contributed by atoms with van der Waals surface area (Å²) in [5.41, 5.74) is 2.41. The quantitative estimate of drug-likeness (QED) is 0.947. The van der Waals surface area contributed by atoms with Crippen molar-refractivity contribution in [1.82, 2.24) is 9.97 Å². The lowest BCUT2D eigenvalue weighted by Crippen LogP contribution is -2.06. The zero-order valence-corrected chi connectivity index (χ0v) is 11.3. The van der Waals surface area contributed by atoms with Crippen LogP contribution in [0.4, 0.5) is 0 Å². The first-order chi connectivity index (χ1) is 8.56. The van der Waals surface area contributed by atoms with Gasteiger partial charge >= 0.3 is 5.97 Å². The molecule has 0 fully saturated rings. The molecule has 0 radical (unpaired) electrons. The fourth-order valence-electron chi connectivity index (χ4n) is 1.65. The second-order valence-electron chi connectivity index (χ2n) is 3.86. The van der Waals surface area contributed by atoms with E-state index < -0.39 is 5.97 Å². The number of aryl methyl sites for hydroxylation is 1. The van der Waals surface area contributed by atoms with Gasteiger partial charge in [-0.3, -0.25) is 4.79 Å². The molecule has 0 bridgehead atoms. The Labute approximate surface area is 113 Å². The Hall–Kier alpha value is -1.75. The fourth-order valence-corrected chi connectivity index (χ4v) is 2.14. The molecule has 0 saturated heterocycles. The van der Waals surface area contributed by atoms with Crippen molar-refractivity contribution in [3.05, 3.63) is 46.3 Å². The van der Waals surface area contributed by atoms with Crippen LogP contribution in [0, 0.1) is 6.92 Å². The summed E-state index contributed by atoms with van der Waals surface area (Å²) in [6.07, 6.45) is -0.168. The van der Waals surface area contributed by atoms with Crippen LogP contribution in [0.15, 0.2) is 34.8 Å². The van der Waals surface area contributed by atoms with Crippen molar-refractivity contribution in [3.8, 4) is 11.3 Å². The Morgan fingerprint density at radius 2 is 2.06 bits per heavy atom.